The Kier molecular flexibility index (Phi) is 7.51. The third-order valence-corrected chi connectivity index (χ3v) is 6.57. The van der Waals surface area contributed by atoms with E-state index < -0.39 is 17.8 Å². The Labute approximate surface area is 222 Å². The fourth-order valence-electron chi connectivity index (χ4n) is 4.46. The zero-order chi connectivity index (χ0) is 26.7. The minimum Gasteiger partial charge on any atom is -0.379 e. The third kappa shape index (κ3) is 5.91. The van der Waals surface area contributed by atoms with Crippen molar-refractivity contribution >= 4 is 39.8 Å². The molecule has 196 valence electrons. The molecule has 1 saturated heterocycles. The number of alkyl halides is 3. The number of amides is 2. The van der Waals surface area contributed by atoms with E-state index in [0.29, 0.717) is 5.69 Å². The van der Waals surface area contributed by atoms with Crippen LogP contribution in [0.3, 0.4) is 0 Å². The number of ether oxygens (including phenoxy) is 1. The maximum atomic E-state index is 13.4. The highest BCUT2D eigenvalue weighted by atomic mass is 35.5. The Hall–Kier alpha value is -3.66. The van der Waals surface area contributed by atoms with Crippen molar-refractivity contribution in [3.05, 3.63) is 89.2 Å². The number of nitrogens with one attached hydrogen (secondary N) is 2. The number of halogens is 4. The summed E-state index contributed by atoms with van der Waals surface area (Å²) in [6.07, 6.45) is -2.84. The molecule has 0 unspecified atom stereocenters. The second-order valence-corrected chi connectivity index (χ2v) is 9.34. The lowest BCUT2D eigenvalue weighted by atomic mass is 9.98. The van der Waals surface area contributed by atoms with Gasteiger partial charge < -0.3 is 15.4 Å². The van der Waals surface area contributed by atoms with Crippen molar-refractivity contribution in [3.8, 4) is 11.1 Å². The molecule has 0 aliphatic carbocycles. The van der Waals surface area contributed by atoms with E-state index in [-0.39, 0.29) is 10.7 Å². The molecule has 2 heterocycles. The van der Waals surface area contributed by atoms with Gasteiger partial charge in [0.25, 0.3) is 0 Å². The Morgan fingerprint density at radius 3 is 2.37 bits per heavy atom. The van der Waals surface area contributed by atoms with E-state index in [9.17, 15) is 18.0 Å². The monoisotopic (exact) mass is 540 g/mol. The lowest BCUT2D eigenvalue weighted by Gasteiger charge is -2.26. The first-order valence-corrected chi connectivity index (χ1v) is 12.4. The molecule has 0 saturated carbocycles. The summed E-state index contributed by atoms with van der Waals surface area (Å²) in [5.41, 5.74) is 1.86. The number of rotatable bonds is 5. The molecule has 1 aliphatic rings. The van der Waals surface area contributed by atoms with Gasteiger partial charge in [0, 0.05) is 41.8 Å². The molecule has 1 aliphatic heterocycles. The number of aromatic nitrogens is 1. The van der Waals surface area contributed by atoms with Crippen LogP contribution in [0.5, 0.6) is 0 Å². The molecule has 1 aromatic heterocycles. The quantitative estimate of drug-likeness (QED) is 0.285. The second-order valence-electron chi connectivity index (χ2n) is 8.90. The number of hydrogen-bond acceptors (Lipinski definition) is 4. The first-order valence-electron chi connectivity index (χ1n) is 12.0. The van der Waals surface area contributed by atoms with Crippen LogP contribution in [-0.2, 0) is 17.5 Å². The number of carbonyl (C=O) groups is 1. The Balaban J connectivity index is 1.37. The maximum absolute atomic E-state index is 13.4. The largest absolute Gasteiger partial charge is 0.418 e. The number of fused-ring (bicyclic) bond motifs is 1. The average Bonchev–Trinajstić information content (AvgIpc) is 2.90. The predicted molar refractivity (Wildman–Crippen MR) is 142 cm³/mol. The standard InChI is InChI=1S/C28H24ClF3N4O2/c29-19-6-9-26(24(15-19)28(30,31)32)35-27(37)34-25-10-8-21(22-3-1-2-4-23(22)25)18-5-7-20(33-16-18)17-36-11-13-38-14-12-36/h1-10,15-16H,11-14,17H2,(H2,34,35,37). The molecule has 3 aromatic carbocycles. The van der Waals surface area contributed by atoms with Crippen molar-refractivity contribution in [2.45, 2.75) is 12.7 Å². The van der Waals surface area contributed by atoms with Crippen LogP contribution in [0, 0.1) is 0 Å². The van der Waals surface area contributed by atoms with Gasteiger partial charge in [-0.3, -0.25) is 9.88 Å². The van der Waals surface area contributed by atoms with Gasteiger partial charge >= 0.3 is 12.2 Å². The van der Waals surface area contributed by atoms with Crippen molar-refractivity contribution in [2.24, 2.45) is 0 Å². The molecular weight excluding hydrogens is 517 g/mol. The van der Waals surface area contributed by atoms with Crippen LogP contribution in [-0.4, -0.2) is 42.2 Å². The molecule has 6 nitrogen and oxygen atoms in total. The first kappa shape index (κ1) is 26.0. The molecule has 5 rings (SSSR count). The van der Waals surface area contributed by atoms with Gasteiger partial charge in [-0.2, -0.15) is 13.2 Å². The summed E-state index contributed by atoms with van der Waals surface area (Å²) >= 11 is 5.73. The minimum absolute atomic E-state index is 0.0755. The van der Waals surface area contributed by atoms with E-state index >= 15 is 0 Å². The molecule has 10 heteroatoms. The molecule has 0 spiro atoms. The van der Waals surface area contributed by atoms with Crippen LogP contribution in [0.25, 0.3) is 21.9 Å². The van der Waals surface area contributed by atoms with Gasteiger partial charge in [0.05, 0.1) is 35.8 Å². The molecular formula is C28H24ClF3N4O2. The first-order chi connectivity index (χ1) is 18.3. The number of pyridine rings is 1. The number of hydrogen-bond donors (Lipinski definition) is 2. The number of carbonyl (C=O) groups excluding carboxylic acids is 1. The van der Waals surface area contributed by atoms with Crippen LogP contribution in [0.15, 0.2) is 72.9 Å². The Morgan fingerprint density at radius 2 is 1.66 bits per heavy atom. The highest BCUT2D eigenvalue weighted by Crippen LogP contribution is 2.37. The average molecular weight is 541 g/mol. The lowest BCUT2D eigenvalue weighted by molar-refractivity contribution is -0.136. The Bertz CT molecular complexity index is 1460. The van der Waals surface area contributed by atoms with Crippen LogP contribution in [0.4, 0.5) is 29.3 Å². The van der Waals surface area contributed by atoms with Gasteiger partial charge in [0.15, 0.2) is 0 Å². The van der Waals surface area contributed by atoms with E-state index in [1.165, 1.54) is 6.07 Å². The fraction of sp³-hybridized carbons (Fsp3) is 0.214. The van der Waals surface area contributed by atoms with Gasteiger partial charge in [-0.25, -0.2) is 4.79 Å². The smallest absolute Gasteiger partial charge is 0.379 e. The van der Waals surface area contributed by atoms with Crippen molar-refractivity contribution in [1.82, 2.24) is 9.88 Å². The van der Waals surface area contributed by atoms with Gasteiger partial charge in [0.1, 0.15) is 0 Å². The highest BCUT2D eigenvalue weighted by molar-refractivity contribution is 6.30. The van der Waals surface area contributed by atoms with Crippen molar-refractivity contribution < 1.29 is 22.7 Å². The van der Waals surface area contributed by atoms with Crippen LogP contribution in [0.2, 0.25) is 5.02 Å². The normalized spacial score (nSPS) is 14.4. The molecule has 2 amide bonds. The third-order valence-electron chi connectivity index (χ3n) is 6.33. The molecule has 2 N–H and O–H groups in total. The van der Waals surface area contributed by atoms with Crippen LogP contribution >= 0.6 is 11.6 Å². The van der Waals surface area contributed by atoms with E-state index in [0.717, 1.165) is 72.6 Å². The van der Waals surface area contributed by atoms with E-state index in [4.69, 9.17) is 16.3 Å². The van der Waals surface area contributed by atoms with E-state index in [2.05, 4.69) is 20.5 Å². The summed E-state index contributed by atoms with van der Waals surface area (Å²) in [5, 5.41) is 6.51. The second kappa shape index (κ2) is 11.0. The summed E-state index contributed by atoms with van der Waals surface area (Å²) in [5.74, 6) is 0. The summed E-state index contributed by atoms with van der Waals surface area (Å²) in [6, 6.07) is 17.5. The molecule has 4 aromatic rings. The summed E-state index contributed by atoms with van der Waals surface area (Å²) in [6.45, 7) is 3.97. The van der Waals surface area contributed by atoms with Gasteiger partial charge in [0.2, 0.25) is 0 Å². The fourth-order valence-corrected chi connectivity index (χ4v) is 4.63. The SMILES string of the molecule is O=C(Nc1ccc(Cl)cc1C(F)(F)F)Nc1ccc(-c2ccc(CN3CCOCC3)nc2)c2ccccc12. The molecule has 1 fully saturated rings. The van der Waals surface area contributed by atoms with E-state index in [1.54, 1.807) is 6.07 Å². The highest BCUT2D eigenvalue weighted by Gasteiger charge is 2.34. The van der Waals surface area contributed by atoms with Crippen molar-refractivity contribution in [2.75, 3.05) is 36.9 Å². The molecule has 0 bridgehead atoms. The summed E-state index contributed by atoms with van der Waals surface area (Å²) in [7, 11) is 0. The minimum atomic E-state index is -4.67. The zero-order valence-electron chi connectivity index (χ0n) is 20.2. The predicted octanol–water partition coefficient (Wildman–Crippen LogP) is 7.05. The topological polar surface area (TPSA) is 66.5 Å². The molecule has 38 heavy (non-hydrogen) atoms. The van der Waals surface area contributed by atoms with Crippen LogP contribution < -0.4 is 10.6 Å². The number of benzene rings is 3. The Morgan fingerprint density at radius 1 is 0.947 bits per heavy atom. The number of nitrogens with zero attached hydrogens (tertiary/aromatic N) is 2. The molecule has 0 radical (unpaired) electrons. The summed E-state index contributed by atoms with van der Waals surface area (Å²) in [4.78, 5) is 19.6. The van der Waals surface area contributed by atoms with Crippen molar-refractivity contribution in [1.29, 1.82) is 0 Å². The summed E-state index contributed by atoms with van der Waals surface area (Å²) < 4.78 is 45.7. The van der Waals surface area contributed by atoms with E-state index in [1.807, 2.05) is 48.7 Å². The van der Waals surface area contributed by atoms with Crippen LogP contribution in [0.1, 0.15) is 11.3 Å². The zero-order valence-corrected chi connectivity index (χ0v) is 20.9. The number of anilines is 2. The van der Waals surface area contributed by atoms with Gasteiger partial charge in [-0.15, -0.1) is 0 Å². The van der Waals surface area contributed by atoms with Gasteiger partial charge in [-0.05, 0) is 41.3 Å². The number of morpholine rings is 1. The number of urea groups is 1. The molecule has 0 atom stereocenters. The van der Waals surface area contributed by atoms with Gasteiger partial charge in [-0.1, -0.05) is 48.0 Å². The lowest BCUT2D eigenvalue weighted by Crippen LogP contribution is -2.35. The maximum Gasteiger partial charge on any atom is 0.418 e. The van der Waals surface area contributed by atoms with Crippen molar-refractivity contribution in [3.63, 3.8) is 0 Å².